The van der Waals surface area contributed by atoms with Gasteiger partial charge in [-0.25, -0.2) is 4.98 Å². The van der Waals surface area contributed by atoms with E-state index in [1.807, 2.05) is 12.1 Å². The summed E-state index contributed by atoms with van der Waals surface area (Å²) in [5, 5.41) is 5.49. The Morgan fingerprint density at radius 3 is 2.57 bits per heavy atom. The van der Waals surface area contributed by atoms with Gasteiger partial charge in [0.25, 0.3) is 11.8 Å². The molecule has 0 spiro atoms. The van der Waals surface area contributed by atoms with Crippen molar-refractivity contribution in [3.8, 4) is 0 Å². The van der Waals surface area contributed by atoms with Crippen molar-refractivity contribution in [1.29, 1.82) is 0 Å². The number of piperazine rings is 1. The van der Waals surface area contributed by atoms with Crippen molar-refractivity contribution in [2.75, 3.05) is 43.4 Å². The van der Waals surface area contributed by atoms with Crippen LogP contribution in [0.4, 0.5) is 11.5 Å². The monoisotopic (exact) mass is 441 g/mol. The Kier molecular flexibility index (Phi) is 5.15. The Morgan fingerprint density at radius 2 is 1.86 bits per heavy atom. The Balaban J connectivity index is 1.53. The molecule has 3 heterocycles. The number of hydrogen-bond donors (Lipinski definition) is 2. The summed E-state index contributed by atoms with van der Waals surface area (Å²) in [6, 6.07) is 9.16. The molecule has 144 valence electrons. The molecule has 2 aliphatic heterocycles. The third-order valence-corrected chi connectivity index (χ3v) is 5.44. The van der Waals surface area contributed by atoms with Crippen molar-refractivity contribution in [3.63, 3.8) is 0 Å². The van der Waals surface area contributed by atoms with Gasteiger partial charge in [-0.15, -0.1) is 0 Å². The topological polar surface area (TPSA) is 77.6 Å². The molecule has 4 rings (SSSR count). The van der Waals surface area contributed by atoms with Crippen LogP contribution in [0.5, 0.6) is 0 Å². The minimum atomic E-state index is -0.426. The molecule has 2 aliphatic rings. The fraction of sp³-hybridized carbons (Fsp3) is 0.250. The Bertz CT molecular complexity index is 950. The summed E-state index contributed by atoms with van der Waals surface area (Å²) in [4.78, 5) is 33.4. The fourth-order valence-electron chi connectivity index (χ4n) is 3.29. The van der Waals surface area contributed by atoms with Crippen LogP contribution < -0.4 is 15.5 Å². The number of rotatable bonds is 3. The second kappa shape index (κ2) is 7.73. The van der Waals surface area contributed by atoms with Gasteiger partial charge in [0.15, 0.2) is 0 Å². The first kappa shape index (κ1) is 18.6. The average Bonchev–Trinajstić information content (AvgIpc) is 2.68. The molecule has 28 heavy (non-hydrogen) atoms. The largest absolute Gasteiger partial charge is 0.360 e. The molecule has 0 aliphatic carbocycles. The Labute approximate surface area is 171 Å². The normalized spacial score (nSPS) is 18.8. The zero-order valence-electron chi connectivity index (χ0n) is 15.4. The molecular formula is C20H20BrN5O2. The summed E-state index contributed by atoms with van der Waals surface area (Å²) < 4.78 is 0.804. The first-order valence-corrected chi connectivity index (χ1v) is 9.82. The molecule has 0 atom stereocenters. The minimum Gasteiger partial charge on any atom is -0.360 e. The number of nitrogens with zero attached hydrogens (tertiary/aromatic N) is 3. The molecule has 0 bridgehead atoms. The number of carbonyl (C=O) groups excluding carboxylic acids is 2. The number of halogens is 1. The van der Waals surface area contributed by atoms with Gasteiger partial charge in [-0.3, -0.25) is 14.9 Å². The predicted molar refractivity (Wildman–Crippen MR) is 112 cm³/mol. The lowest BCUT2D eigenvalue weighted by Crippen LogP contribution is -2.44. The van der Waals surface area contributed by atoms with Gasteiger partial charge in [-0.05, 0) is 37.4 Å². The quantitative estimate of drug-likeness (QED) is 0.562. The van der Waals surface area contributed by atoms with Crippen molar-refractivity contribution in [2.45, 2.75) is 0 Å². The molecule has 8 heteroatoms. The van der Waals surface area contributed by atoms with Gasteiger partial charge in [0, 0.05) is 48.0 Å². The molecule has 2 N–H and O–H groups in total. The van der Waals surface area contributed by atoms with Gasteiger partial charge in [0.05, 0.1) is 17.5 Å². The first-order valence-electron chi connectivity index (χ1n) is 9.03. The predicted octanol–water partition coefficient (Wildman–Crippen LogP) is 2.32. The standard InChI is InChI=1S/C20H20BrN5O2/c1-25-6-8-26(9-7-25)18-5-3-14(11-23-18)22-12-17-16-10-13(21)2-4-15(16)19(27)24-20(17)28/h2-5,10-12,22H,6-9H2,1H3,(H,24,27,28)/b17-12-. The SMILES string of the molecule is CN1CCN(c2ccc(N/C=C3\C(=O)NC(=O)c4ccc(Br)cc43)cn2)CC1. The van der Waals surface area contributed by atoms with E-state index in [1.54, 1.807) is 30.6 Å². The summed E-state index contributed by atoms with van der Waals surface area (Å²) in [7, 11) is 2.12. The lowest BCUT2D eigenvalue weighted by molar-refractivity contribution is -0.114. The zero-order chi connectivity index (χ0) is 19.7. The molecule has 0 radical (unpaired) electrons. The van der Waals surface area contributed by atoms with E-state index in [2.05, 4.69) is 48.4 Å². The van der Waals surface area contributed by atoms with E-state index < -0.39 is 5.91 Å². The molecule has 0 saturated carbocycles. The van der Waals surface area contributed by atoms with Gasteiger partial charge < -0.3 is 15.1 Å². The minimum absolute atomic E-state index is 0.386. The number of likely N-dealkylation sites (N-methyl/N-ethyl adjacent to an activating group) is 1. The molecule has 7 nitrogen and oxygen atoms in total. The van der Waals surface area contributed by atoms with Crippen molar-refractivity contribution in [2.24, 2.45) is 0 Å². The number of amides is 2. The highest BCUT2D eigenvalue weighted by atomic mass is 79.9. The van der Waals surface area contributed by atoms with Gasteiger partial charge in [-0.1, -0.05) is 15.9 Å². The maximum Gasteiger partial charge on any atom is 0.260 e. The third kappa shape index (κ3) is 3.79. The van der Waals surface area contributed by atoms with Crippen molar-refractivity contribution in [3.05, 3.63) is 58.3 Å². The lowest BCUT2D eigenvalue weighted by Gasteiger charge is -2.33. The average molecular weight is 442 g/mol. The Hall–Kier alpha value is -2.71. The highest BCUT2D eigenvalue weighted by molar-refractivity contribution is 9.10. The van der Waals surface area contributed by atoms with Crippen LogP contribution in [-0.2, 0) is 4.79 Å². The molecule has 2 amide bonds. The summed E-state index contributed by atoms with van der Waals surface area (Å²) >= 11 is 3.39. The van der Waals surface area contributed by atoms with E-state index in [-0.39, 0.29) is 5.91 Å². The Morgan fingerprint density at radius 1 is 1.07 bits per heavy atom. The number of anilines is 2. The number of benzene rings is 1. The third-order valence-electron chi connectivity index (χ3n) is 4.95. The van der Waals surface area contributed by atoms with Crippen molar-refractivity contribution >= 4 is 44.8 Å². The van der Waals surface area contributed by atoms with Crippen LogP contribution in [0.15, 0.2) is 47.2 Å². The number of fused-ring (bicyclic) bond motifs is 1. The second-order valence-corrected chi connectivity index (χ2v) is 7.79. The van der Waals surface area contributed by atoms with E-state index in [1.165, 1.54) is 0 Å². The molecule has 1 aromatic carbocycles. The van der Waals surface area contributed by atoms with Crippen LogP contribution >= 0.6 is 15.9 Å². The summed E-state index contributed by atoms with van der Waals surface area (Å²) in [5.74, 6) is 0.134. The molecule has 1 fully saturated rings. The van der Waals surface area contributed by atoms with Crippen LogP contribution in [0.1, 0.15) is 15.9 Å². The number of nitrogens with one attached hydrogen (secondary N) is 2. The van der Waals surface area contributed by atoms with Crippen molar-refractivity contribution in [1.82, 2.24) is 15.2 Å². The number of aromatic nitrogens is 1. The van der Waals surface area contributed by atoms with E-state index in [4.69, 9.17) is 0 Å². The van der Waals surface area contributed by atoms with Gasteiger partial charge in [0.1, 0.15) is 5.82 Å². The fourth-order valence-corrected chi connectivity index (χ4v) is 3.65. The molecule has 2 aromatic rings. The maximum absolute atomic E-state index is 12.3. The molecule has 1 saturated heterocycles. The zero-order valence-corrected chi connectivity index (χ0v) is 17.0. The summed E-state index contributed by atoms with van der Waals surface area (Å²) in [6.07, 6.45) is 3.36. The van der Waals surface area contributed by atoms with E-state index in [0.717, 1.165) is 42.2 Å². The lowest BCUT2D eigenvalue weighted by atomic mass is 9.95. The van der Waals surface area contributed by atoms with Crippen molar-refractivity contribution < 1.29 is 9.59 Å². The van der Waals surface area contributed by atoms with Crippen LogP contribution in [0.2, 0.25) is 0 Å². The number of imide groups is 1. The molecule has 1 aromatic heterocycles. The summed E-state index contributed by atoms with van der Waals surface area (Å²) in [6.45, 7) is 3.97. The van der Waals surface area contributed by atoms with Crippen LogP contribution in [0, 0.1) is 0 Å². The van der Waals surface area contributed by atoms with Crippen LogP contribution in [0.25, 0.3) is 5.57 Å². The molecule has 0 unspecified atom stereocenters. The smallest absolute Gasteiger partial charge is 0.260 e. The maximum atomic E-state index is 12.3. The van der Waals surface area contributed by atoms with Gasteiger partial charge in [-0.2, -0.15) is 0 Å². The molecular weight excluding hydrogens is 422 g/mol. The van der Waals surface area contributed by atoms with Gasteiger partial charge >= 0.3 is 0 Å². The van der Waals surface area contributed by atoms with Crippen LogP contribution in [-0.4, -0.2) is 54.9 Å². The van der Waals surface area contributed by atoms with Crippen LogP contribution in [0.3, 0.4) is 0 Å². The highest BCUT2D eigenvalue weighted by Gasteiger charge is 2.27. The van der Waals surface area contributed by atoms with E-state index >= 15 is 0 Å². The number of pyridine rings is 1. The second-order valence-electron chi connectivity index (χ2n) is 6.87. The summed E-state index contributed by atoms with van der Waals surface area (Å²) in [5.41, 5.74) is 2.24. The number of hydrogen-bond acceptors (Lipinski definition) is 6. The van der Waals surface area contributed by atoms with Gasteiger partial charge in [0.2, 0.25) is 0 Å². The van der Waals surface area contributed by atoms with E-state index in [0.29, 0.717) is 16.7 Å². The van der Waals surface area contributed by atoms with E-state index in [9.17, 15) is 9.59 Å². The highest BCUT2D eigenvalue weighted by Crippen LogP contribution is 2.27. The number of carbonyl (C=O) groups is 2. The first-order chi connectivity index (χ1) is 13.5.